The number of carbonyl (C=O) groups is 1. The van der Waals surface area contributed by atoms with Gasteiger partial charge in [0.15, 0.2) is 6.04 Å². The Kier molecular flexibility index (Phi) is 11.4. The molecule has 3 heteroatoms. The SMILES string of the molecule is CCCCCCCCCC[C@@H](C(=O)OCc1ccccc1)[N+](C)(C)Cc1ccccc1. The number of rotatable bonds is 15. The minimum absolute atomic E-state index is 0.0762. The fourth-order valence-corrected chi connectivity index (χ4v) is 4.21. The summed E-state index contributed by atoms with van der Waals surface area (Å²) in [5, 5.41) is 0. The second kappa shape index (κ2) is 14.0. The van der Waals surface area contributed by atoms with Crippen molar-refractivity contribution in [2.24, 2.45) is 0 Å². The van der Waals surface area contributed by atoms with Crippen molar-refractivity contribution in [2.45, 2.75) is 83.9 Å². The lowest BCUT2D eigenvalue weighted by Crippen LogP contribution is -2.52. The predicted molar refractivity (Wildman–Crippen MR) is 130 cm³/mol. The molecule has 0 aromatic heterocycles. The molecule has 0 saturated carbocycles. The van der Waals surface area contributed by atoms with E-state index in [2.05, 4.69) is 45.3 Å². The fourth-order valence-electron chi connectivity index (χ4n) is 4.21. The molecule has 0 unspecified atom stereocenters. The monoisotopic (exact) mass is 424 g/mol. The molecule has 170 valence electrons. The number of hydrogen-bond acceptors (Lipinski definition) is 2. The number of likely N-dealkylation sites (N-methyl/N-ethyl adjacent to an activating group) is 1. The second-order valence-electron chi connectivity index (χ2n) is 9.30. The molecule has 2 rings (SSSR count). The minimum Gasteiger partial charge on any atom is -0.456 e. The van der Waals surface area contributed by atoms with Crippen molar-refractivity contribution in [2.75, 3.05) is 14.1 Å². The molecule has 31 heavy (non-hydrogen) atoms. The first-order valence-electron chi connectivity index (χ1n) is 12.1. The molecule has 2 aromatic rings. The summed E-state index contributed by atoms with van der Waals surface area (Å²) in [5.74, 6) is -0.0762. The highest BCUT2D eigenvalue weighted by molar-refractivity contribution is 5.74. The van der Waals surface area contributed by atoms with Gasteiger partial charge in [-0.3, -0.25) is 0 Å². The number of hydrogen-bond donors (Lipinski definition) is 0. The number of quaternary nitrogens is 1. The van der Waals surface area contributed by atoms with Gasteiger partial charge in [0.2, 0.25) is 0 Å². The van der Waals surface area contributed by atoms with Gasteiger partial charge in [-0.1, -0.05) is 113 Å². The lowest BCUT2D eigenvalue weighted by atomic mass is 10.0. The van der Waals surface area contributed by atoms with Crippen LogP contribution in [0.1, 0.15) is 75.8 Å². The predicted octanol–water partition coefficient (Wildman–Crippen LogP) is 6.91. The molecule has 0 aliphatic carbocycles. The van der Waals surface area contributed by atoms with E-state index in [9.17, 15) is 4.79 Å². The lowest BCUT2D eigenvalue weighted by Gasteiger charge is -2.36. The third kappa shape index (κ3) is 9.69. The normalized spacial score (nSPS) is 12.5. The van der Waals surface area contributed by atoms with Gasteiger partial charge in [-0.25, -0.2) is 4.79 Å². The Bertz CT molecular complexity index is 727. The van der Waals surface area contributed by atoms with Crippen LogP contribution >= 0.6 is 0 Å². The Hall–Kier alpha value is -2.13. The van der Waals surface area contributed by atoms with Gasteiger partial charge in [-0.15, -0.1) is 0 Å². The first kappa shape index (κ1) is 25.1. The van der Waals surface area contributed by atoms with E-state index >= 15 is 0 Å². The van der Waals surface area contributed by atoms with Crippen molar-refractivity contribution in [3.8, 4) is 0 Å². The molecule has 0 radical (unpaired) electrons. The Balaban J connectivity index is 1.92. The average molecular weight is 425 g/mol. The molecular weight excluding hydrogens is 382 g/mol. The van der Waals surface area contributed by atoms with E-state index in [1.165, 1.54) is 50.5 Å². The van der Waals surface area contributed by atoms with Crippen molar-refractivity contribution in [1.29, 1.82) is 0 Å². The van der Waals surface area contributed by atoms with E-state index in [-0.39, 0.29) is 12.0 Å². The van der Waals surface area contributed by atoms with Crippen LogP contribution < -0.4 is 0 Å². The summed E-state index contributed by atoms with van der Waals surface area (Å²) < 4.78 is 6.40. The highest BCUT2D eigenvalue weighted by atomic mass is 16.5. The smallest absolute Gasteiger partial charge is 0.365 e. The molecule has 0 bridgehead atoms. The minimum atomic E-state index is -0.149. The topological polar surface area (TPSA) is 26.3 Å². The molecule has 0 amide bonds. The van der Waals surface area contributed by atoms with Gasteiger partial charge in [-0.05, 0) is 12.0 Å². The van der Waals surface area contributed by atoms with Gasteiger partial charge >= 0.3 is 5.97 Å². The Morgan fingerprint density at radius 1 is 0.774 bits per heavy atom. The van der Waals surface area contributed by atoms with Crippen molar-refractivity contribution >= 4 is 5.97 Å². The van der Waals surface area contributed by atoms with Crippen LogP contribution in [0.15, 0.2) is 60.7 Å². The molecule has 0 heterocycles. The fraction of sp³-hybridized carbons (Fsp3) is 0.536. The maximum absolute atomic E-state index is 13.2. The number of ether oxygens (including phenoxy) is 1. The van der Waals surface area contributed by atoms with E-state index in [4.69, 9.17) is 4.74 Å². The first-order chi connectivity index (χ1) is 15.0. The van der Waals surface area contributed by atoms with Gasteiger partial charge in [0, 0.05) is 12.0 Å². The maximum atomic E-state index is 13.2. The second-order valence-corrected chi connectivity index (χ2v) is 9.30. The van der Waals surface area contributed by atoms with Crippen molar-refractivity contribution in [3.05, 3.63) is 71.8 Å². The van der Waals surface area contributed by atoms with E-state index in [1.54, 1.807) is 0 Å². The Labute approximate surface area is 190 Å². The zero-order valence-electron chi connectivity index (χ0n) is 19.9. The van der Waals surface area contributed by atoms with E-state index in [1.807, 2.05) is 36.4 Å². The van der Waals surface area contributed by atoms with Gasteiger partial charge < -0.3 is 9.22 Å². The van der Waals surface area contributed by atoms with Crippen LogP contribution in [0.5, 0.6) is 0 Å². The molecule has 0 saturated heterocycles. The molecule has 2 aromatic carbocycles. The Morgan fingerprint density at radius 2 is 1.29 bits per heavy atom. The van der Waals surface area contributed by atoms with Gasteiger partial charge in [-0.2, -0.15) is 0 Å². The summed E-state index contributed by atoms with van der Waals surface area (Å²) in [6.07, 6.45) is 11.1. The molecule has 0 aliphatic rings. The van der Waals surface area contributed by atoms with Crippen molar-refractivity contribution in [3.63, 3.8) is 0 Å². The first-order valence-corrected chi connectivity index (χ1v) is 12.1. The van der Waals surface area contributed by atoms with E-state index < -0.39 is 0 Å². The van der Waals surface area contributed by atoms with Crippen molar-refractivity contribution in [1.82, 2.24) is 0 Å². The van der Waals surface area contributed by atoms with Crippen LogP contribution in [-0.2, 0) is 22.7 Å². The molecular formula is C28H42NO2+. The molecule has 1 atom stereocenters. The number of unbranched alkanes of at least 4 members (excludes halogenated alkanes) is 7. The molecule has 0 N–H and O–H groups in total. The van der Waals surface area contributed by atoms with Crippen LogP contribution in [0, 0.1) is 0 Å². The third-order valence-electron chi connectivity index (χ3n) is 6.10. The number of nitrogens with zero attached hydrogens (tertiary/aromatic N) is 1. The number of carbonyl (C=O) groups excluding carboxylic acids is 1. The van der Waals surface area contributed by atoms with Crippen LogP contribution in [-0.4, -0.2) is 30.6 Å². The zero-order chi connectivity index (χ0) is 22.4. The van der Waals surface area contributed by atoms with Gasteiger partial charge in [0.25, 0.3) is 0 Å². The molecule has 3 nitrogen and oxygen atoms in total. The summed E-state index contributed by atoms with van der Waals surface area (Å²) in [6, 6.07) is 20.3. The van der Waals surface area contributed by atoms with Crippen LogP contribution in [0.3, 0.4) is 0 Å². The summed E-state index contributed by atoms with van der Waals surface area (Å²) in [6.45, 7) is 3.42. The van der Waals surface area contributed by atoms with Gasteiger partial charge in [0.05, 0.1) is 14.1 Å². The summed E-state index contributed by atoms with van der Waals surface area (Å²) in [7, 11) is 4.32. The average Bonchev–Trinajstić information content (AvgIpc) is 2.77. The largest absolute Gasteiger partial charge is 0.456 e. The summed E-state index contributed by atoms with van der Waals surface area (Å²) >= 11 is 0. The highest BCUT2D eigenvalue weighted by Gasteiger charge is 2.36. The van der Waals surface area contributed by atoms with E-state index in [0.717, 1.165) is 24.9 Å². The molecule has 0 aliphatic heterocycles. The lowest BCUT2D eigenvalue weighted by molar-refractivity contribution is -0.920. The van der Waals surface area contributed by atoms with Gasteiger partial charge in [0.1, 0.15) is 13.2 Å². The zero-order valence-corrected chi connectivity index (χ0v) is 19.9. The van der Waals surface area contributed by atoms with Crippen molar-refractivity contribution < 1.29 is 14.0 Å². The van der Waals surface area contributed by atoms with Crippen LogP contribution in [0.4, 0.5) is 0 Å². The Morgan fingerprint density at radius 3 is 1.87 bits per heavy atom. The highest BCUT2D eigenvalue weighted by Crippen LogP contribution is 2.22. The van der Waals surface area contributed by atoms with Crippen LogP contribution in [0.2, 0.25) is 0 Å². The number of esters is 1. The molecule has 0 spiro atoms. The summed E-state index contributed by atoms with van der Waals surface area (Å²) in [5.41, 5.74) is 2.29. The maximum Gasteiger partial charge on any atom is 0.365 e. The third-order valence-corrected chi connectivity index (χ3v) is 6.10. The number of benzene rings is 2. The summed E-state index contributed by atoms with van der Waals surface area (Å²) in [4.78, 5) is 13.2. The van der Waals surface area contributed by atoms with Crippen LogP contribution in [0.25, 0.3) is 0 Å². The standard InChI is InChI=1S/C28H42NO2/c1-4-5-6-7-8-9-10-17-22-27(28(30)31-24-26-20-15-12-16-21-26)29(2,3)23-25-18-13-11-14-19-25/h11-16,18-21,27H,4-10,17,22-24H2,1-3H3/q+1/t27-/m0/s1. The quantitative estimate of drug-likeness (QED) is 0.176. The van der Waals surface area contributed by atoms with E-state index in [0.29, 0.717) is 11.1 Å². The molecule has 0 fully saturated rings.